The van der Waals surface area contributed by atoms with E-state index in [9.17, 15) is 23.4 Å². The molecule has 2 N–H and O–H groups in total. The molecule has 1 aromatic rings. The topological polar surface area (TPSA) is 62.1 Å². The van der Waals surface area contributed by atoms with E-state index in [-0.39, 0.29) is 11.5 Å². The maximum absolute atomic E-state index is 12.6. The average Bonchev–Trinajstić information content (AvgIpc) is 2.70. The first-order valence-electron chi connectivity index (χ1n) is 5.57. The van der Waals surface area contributed by atoms with Gasteiger partial charge in [0.2, 0.25) is 12.2 Å². The Labute approximate surface area is 107 Å². The van der Waals surface area contributed by atoms with Crippen molar-refractivity contribution in [2.24, 2.45) is 4.99 Å². The number of aliphatic hydroxyl groups excluding tert-OH is 2. The number of hydrogen-bond donors (Lipinski definition) is 2. The highest BCUT2D eigenvalue weighted by Crippen LogP contribution is 2.30. The molecule has 3 unspecified atom stereocenters. The number of hydrogen-bond acceptors (Lipinski definition) is 4. The number of aliphatic hydroxyl groups is 2. The predicted octanol–water partition coefficient (Wildman–Crippen LogP) is 1.55. The van der Waals surface area contributed by atoms with Crippen LogP contribution in [0.2, 0.25) is 0 Å². The first-order valence-corrected chi connectivity index (χ1v) is 5.57. The van der Waals surface area contributed by atoms with Crippen molar-refractivity contribution in [1.82, 2.24) is 0 Å². The number of benzene rings is 1. The lowest BCUT2D eigenvalue weighted by Crippen LogP contribution is -2.31. The molecule has 104 valence electrons. The van der Waals surface area contributed by atoms with E-state index in [2.05, 4.69) is 4.99 Å². The van der Waals surface area contributed by atoms with Crippen LogP contribution < -0.4 is 0 Å². The summed E-state index contributed by atoms with van der Waals surface area (Å²) in [6, 6.07) is 3.54. The molecule has 3 atom stereocenters. The second-order valence-electron chi connectivity index (χ2n) is 4.25. The lowest BCUT2D eigenvalue weighted by atomic mass is 10.1. The van der Waals surface area contributed by atoms with Gasteiger partial charge in [0, 0.05) is 5.56 Å². The van der Waals surface area contributed by atoms with Crippen molar-refractivity contribution in [1.29, 1.82) is 0 Å². The molecule has 0 aromatic heterocycles. The van der Waals surface area contributed by atoms with Crippen LogP contribution in [0.25, 0.3) is 0 Å². The third-order valence-corrected chi connectivity index (χ3v) is 2.72. The third kappa shape index (κ3) is 2.87. The van der Waals surface area contributed by atoms with Crippen LogP contribution in [0.4, 0.5) is 13.2 Å². The van der Waals surface area contributed by atoms with Gasteiger partial charge in [-0.3, -0.25) is 0 Å². The summed E-state index contributed by atoms with van der Waals surface area (Å²) in [5.74, 6) is -0.107. The van der Waals surface area contributed by atoms with Gasteiger partial charge in [0.25, 0.3) is 0 Å². The lowest BCUT2D eigenvalue weighted by Gasteiger charge is -2.13. The van der Waals surface area contributed by atoms with Gasteiger partial charge in [-0.25, -0.2) is 4.99 Å². The number of alkyl halides is 3. The van der Waals surface area contributed by atoms with Crippen molar-refractivity contribution in [2.75, 3.05) is 0 Å². The summed E-state index contributed by atoms with van der Waals surface area (Å²) in [7, 11) is 0. The van der Waals surface area contributed by atoms with Crippen LogP contribution in [0, 0.1) is 0 Å². The first kappa shape index (κ1) is 13.8. The molecule has 0 fully saturated rings. The van der Waals surface area contributed by atoms with Gasteiger partial charge < -0.3 is 14.9 Å². The Kier molecular flexibility index (Phi) is 3.51. The maximum atomic E-state index is 12.6. The minimum atomic E-state index is -4.46. The van der Waals surface area contributed by atoms with Gasteiger partial charge >= 0.3 is 6.18 Å². The Morgan fingerprint density at radius 1 is 1.37 bits per heavy atom. The van der Waals surface area contributed by atoms with Crippen LogP contribution >= 0.6 is 0 Å². The zero-order valence-corrected chi connectivity index (χ0v) is 9.93. The van der Waals surface area contributed by atoms with Crippen LogP contribution in [0.3, 0.4) is 0 Å². The molecule has 7 heteroatoms. The number of nitrogens with zero attached hydrogens (tertiary/aromatic N) is 1. The van der Waals surface area contributed by atoms with Gasteiger partial charge in [-0.15, -0.1) is 0 Å². The van der Waals surface area contributed by atoms with Crippen LogP contribution in [-0.2, 0) is 10.9 Å². The van der Waals surface area contributed by atoms with E-state index in [1.54, 1.807) is 0 Å². The summed E-state index contributed by atoms with van der Waals surface area (Å²) in [6.45, 7) is 1.41. The van der Waals surface area contributed by atoms with Gasteiger partial charge in [0.05, 0.1) is 11.7 Å². The molecule has 0 aliphatic carbocycles. The third-order valence-electron chi connectivity index (χ3n) is 2.72. The summed E-state index contributed by atoms with van der Waals surface area (Å²) in [5.41, 5.74) is -0.719. The van der Waals surface area contributed by atoms with Gasteiger partial charge in [0.1, 0.15) is 6.04 Å². The number of halogens is 3. The summed E-state index contributed by atoms with van der Waals surface area (Å²) >= 11 is 0. The van der Waals surface area contributed by atoms with Gasteiger partial charge in [0.15, 0.2) is 0 Å². The zero-order valence-electron chi connectivity index (χ0n) is 9.93. The molecule has 19 heavy (non-hydrogen) atoms. The zero-order chi connectivity index (χ0) is 14.2. The normalized spacial score (nSPS) is 24.8. The Bertz CT molecular complexity index is 499. The van der Waals surface area contributed by atoms with Gasteiger partial charge in [-0.1, -0.05) is 6.07 Å². The Morgan fingerprint density at radius 3 is 2.58 bits per heavy atom. The molecule has 1 heterocycles. The highest BCUT2D eigenvalue weighted by Gasteiger charge is 2.35. The van der Waals surface area contributed by atoms with Crippen LogP contribution in [-0.4, -0.2) is 34.5 Å². The Hall–Kier alpha value is -1.60. The van der Waals surface area contributed by atoms with E-state index in [1.165, 1.54) is 19.1 Å². The molecule has 1 aliphatic rings. The molecule has 2 rings (SSSR count). The van der Waals surface area contributed by atoms with E-state index < -0.39 is 30.2 Å². The monoisotopic (exact) mass is 275 g/mol. The number of ether oxygens (including phenoxy) is 1. The quantitative estimate of drug-likeness (QED) is 0.860. The first-order chi connectivity index (χ1) is 8.79. The highest BCUT2D eigenvalue weighted by molar-refractivity contribution is 5.95. The molecule has 0 spiro atoms. The van der Waals surface area contributed by atoms with Crippen LogP contribution in [0.15, 0.2) is 29.3 Å². The SMILES string of the molecule is CC(O)C1N=C(c2cccc(C(F)(F)F)c2)OC1O. The number of rotatable bonds is 2. The Morgan fingerprint density at radius 2 is 2.05 bits per heavy atom. The molecule has 0 bridgehead atoms. The van der Waals surface area contributed by atoms with Crippen molar-refractivity contribution in [3.63, 3.8) is 0 Å². The summed E-state index contributed by atoms with van der Waals surface area (Å²) in [4.78, 5) is 3.89. The van der Waals surface area contributed by atoms with Crippen molar-refractivity contribution in [2.45, 2.75) is 31.5 Å². The summed E-state index contributed by atoms with van der Waals surface area (Å²) in [5, 5.41) is 18.8. The van der Waals surface area contributed by atoms with Crippen LogP contribution in [0.5, 0.6) is 0 Å². The number of aliphatic imine (C=N–C) groups is 1. The highest BCUT2D eigenvalue weighted by atomic mass is 19.4. The average molecular weight is 275 g/mol. The van der Waals surface area contributed by atoms with Gasteiger partial charge in [-0.05, 0) is 25.1 Å². The standard InChI is InChI=1S/C12H12F3NO3/c1-6(17)9-11(18)19-10(16-9)7-3-2-4-8(5-7)12(13,14)15/h2-6,9,11,17-18H,1H3. The minimum Gasteiger partial charge on any atom is -0.445 e. The molecule has 0 amide bonds. The van der Waals surface area contributed by atoms with E-state index in [1.807, 2.05) is 0 Å². The maximum Gasteiger partial charge on any atom is 0.416 e. The Balaban J connectivity index is 2.31. The van der Waals surface area contributed by atoms with E-state index in [0.717, 1.165) is 12.1 Å². The molecular formula is C12H12F3NO3. The fourth-order valence-corrected chi connectivity index (χ4v) is 1.73. The van der Waals surface area contributed by atoms with Crippen molar-refractivity contribution in [3.8, 4) is 0 Å². The minimum absolute atomic E-state index is 0.107. The molecule has 0 saturated heterocycles. The second kappa shape index (κ2) is 4.82. The molecule has 0 saturated carbocycles. The second-order valence-corrected chi connectivity index (χ2v) is 4.25. The molecule has 4 nitrogen and oxygen atoms in total. The van der Waals surface area contributed by atoms with Crippen LogP contribution in [0.1, 0.15) is 18.1 Å². The van der Waals surface area contributed by atoms with Crippen molar-refractivity contribution < 1.29 is 28.1 Å². The molecule has 0 radical (unpaired) electrons. The predicted molar refractivity (Wildman–Crippen MR) is 60.5 cm³/mol. The summed E-state index contributed by atoms with van der Waals surface area (Å²) < 4.78 is 42.7. The molecule has 1 aliphatic heterocycles. The molecule has 1 aromatic carbocycles. The van der Waals surface area contributed by atoms with Crippen molar-refractivity contribution >= 4 is 5.90 Å². The smallest absolute Gasteiger partial charge is 0.416 e. The largest absolute Gasteiger partial charge is 0.445 e. The van der Waals surface area contributed by atoms with E-state index >= 15 is 0 Å². The van der Waals surface area contributed by atoms with Crippen molar-refractivity contribution in [3.05, 3.63) is 35.4 Å². The fraction of sp³-hybridized carbons (Fsp3) is 0.417. The summed E-state index contributed by atoms with van der Waals surface area (Å²) in [6.07, 6.45) is -6.78. The van der Waals surface area contributed by atoms with E-state index in [0.29, 0.717) is 0 Å². The lowest BCUT2D eigenvalue weighted by molar-refractivity contribution is -0.137. The molecular weight excluding hydrogens is 263 g/mol. The fourth-order valence-electron chi connectivity index (χ4n) is 1.73. The van der Waals surface area contributed by atoms with Gasteiger partial charge in [-0.2, -0.15) is 13.2 Å². The van der Waals surface area contributed by atoms with E-state index in [4.69, 9.17) is 4.74 Å².